The van der Waals surface area contributed by atoms with Gasteiger partial charge in [0.25, 0.3) is 0 Å². The van der Waals surface area contributed by atoms with Crippen molar-refractivity contribution in [2.75, 3.05) is 33.0 Å². The van der Waals surface area contributed by atoms with Crippen LogP contribution < -0.4 is 0 Å². The largest absolute Gasteiger partial charge is 0.472 e. The van der Waals surface area contributed by atoms with Gasteiger partial charge in [0.2, 0.25) is 0 Å². The van der Waals surface area contributed by atoms with Gasteiger partial charge in [-0.05, 0) is 38.5 Å². The molecule has 0 heterocycles. The monoisotopic (exact) mass is 847 g/mol. The summed E-state index contributed by atoms with van der Waals surface area (Å²) in [5.41, 5.74) is 0. The van der Waals surface area contributed by atoms with Crippen molar-refractivity contribution in [1.29, 1.82) is 0 Å². The number of carbonyl (C=O) groups excluding carboxylic acids is 1. The summed E-state index contributed by atoms with van der Waals surface area (Å²) in [7, 11) is -4.52. The second-order valence-corrected chi connectivity index (χ2v) is 18.3. The Kier molecular flexibility index (Phi) is 45.1. The van der Waals surface area contributed by atoms with E-state index in [4.69, 9.17) is 23.6 Å². The van der Waals surface area contributed by atoms with Gasteiger partial charge >= 0.3 is 13.8 Å². The first-order valence-electron chi connectivity index (χ1n) is 24.7. The number of hydrogen-bond acceptors (Lipinski definition) is 8. The van der Waals surface area contributed by atoms with Crippen LogP contribution in [0.4, 0.5) is 0 Å². The van der Waals surface area contributed by atoms with Crippen molar-refractivity contribution in [3.63, 3.8) is 0 Å². The Bertz CT molecular complexity index is 918. The van der Waals surface area contributed by atoms with E-state index in [0.717, 1.165) is 32.1 Å². The first-order valence-corrected chi connectivity index (χ1v) is 26.2. The van der Waals surface area contributed by atoms with Crippen LogP contribution in [0, 0.1) is 0 Å². The highest BCUT2D eigenvalue weighted by Crippen LogP contribution is 2.43. The predicted octanol–water partition coefficient (Wildman–Crippen LogP) is 14.0. The molecule has 0 radical (unpaired) electrons. The molecule has 346 valence electrons. The Morgan fingerprint density at radius 1 is 0.517 bits per heavy atom. The molecular formula is C48H95O9P. The lowest BCUT2D eigenvalue weighted by molar-refractivity contribution is -0.154. The van der Waals surface area contributed by atoms with E-state index in [9.17, 15) is 19.4 Å². The van der Waals surface area contributed by atoms with Crippen LogP contribution in [0.25, 0.3) is 0 Å². The highest BCUT2D eigenvalue weighted by molar-refractivity contribution is 7.47. The lowest BCUT2D eigenvalue weighted by Crippen LogP contribution is -2.29. The van der Waals surface area contributed by atoms with E-state index in [1.54, 1.807) is 0 Å². The predicted molar refractivity (Wildman–Crippen MR) is 242 cm³/mol. The number of allylic oxidation sites excluding steroid dienone is 2. The molecule has 0 aliphatic rings. The second-order valence-electron chi connectivity index (χ2n) is 16.8. The smallest absolute Gasteiger partial charge is 0.457 e. The lowest BCUT2D eigenvalue weighted by Gasteiger charge is -2.20. The molecule has 0 aromatic carbocycles. The summed E-state index contributed by atoms with van der Waals surface area (Å²) >= 11 is 0. The van der Waals surface area contributed by atoms with E-state index in [2.05, 4.69) is 26.0 Å². The van der Waals surface area contributed by atoms with Crippen molar-refractivity contribution in [2.45, 2.75) is 257 Å². The van der Waals surface area contributed by atoms with Gasteiger partial charge in [-0.25, -0.2) is 4.57 Å². The number of aliphatic hydroxyl groups excluding tert-OH is 2. The van der Waals surface area contributed by atoms with Crippen molar-refractivity contribution in [3.05, 3.63) is 12.2 Å². The van der Waals surface area contributed by atoms with Gasteiger partial charge in [-0.15, -0.1) is 0 Å². The molecule has 0 spiro atoms. The number of rotatable bonds is 48. The first kappa shape index (κ1) is 57.2. The van der Waals surface area contributed by atoms with E-state index in [0.29, 0.717) is 6.61 Å². The molecule has 3 unspecified atom stereocenters. The topological polar surface area (TPSA) is 132 Å². The number of hydrogen-bond donors (Lipinski definition) is 3. The Balaban J connectivity index is 4.06. The van der Waals surface area contributed by atoms with E-state index in [-0.39, 0.29) is 25.6 Å². The molecule has 0 rings (SSSR count). The summed E-state index contributed by atoms with van der Waals surface area (Å²) in [6, 6.07) is 0. The van der Waals surface area contributed by atoms with Gasteiger partial charge in [0.1, 0.15) is 12.2 Å². The number of aliphatic hydroxyl groups is 2. The third kappa shape index (κ3) is 44.7. The Morgan fingerprint density at radius 3 is 1.29 bits per heavy atom. The summed E-state index contributed by atoms with van der Waals surface area (Å²) in [4.78, 5) is 22.7. The van der Waals surface area contributed by atoms with Crippen LogP contribution in [0.3, 0.4) is 0 Å². The van der Waals surface area contributed by atoms with Crippen LogP contribution in [0.5, 0.6) is 0 Å². The van der Waals surface area contributed by atoms with E-state index in [1.807, 2.05) is 0 Å². The lowest BCUT2D eigenvalue weighted by atomic mass is 10.0. The fourth-order valence-electron chi connectivity index (χ4n) is 7.18. The average Bonchev–Trinajstić information content (AvgIpc) is 3.21. The van der Waals surface area contributed by atoms with Gasteiger partial charge < -0.3 is 24.6 Å². The van der Waals surface area contributed by atoms with Crippen molar-refractivity contribution >= 4 is 13.8 Å². The maximum Gasteiger partial charge on any atom is 0.472 e. The summed E-state index contributed by atoms with van der Waals surface area (Å²) in [5.74, 6) is -0.379. The van der Waals surface area contributed by atoms with Crippen LogP contribution in [0.15, 0.2) is 12.2 Å². The Labute approximate surface area is 358 Å². The highest BCUT2D eigenvalue weighted by atomic mass is 31.2. The number of unbranched alkanes of at least 4 members (excludes halogenated alkanes) is 32. The standard InChI is InChI=1S/C48H95O9P/c1-3-5-7-9-11-13-15-17-19-21-23-24-26-28-30-32-34-36-38-40-48(51)57-47(45-56-58(52,53)55-43-46(50)42-49)44-54-41-39-37-35-33-31-29-27-25-22-20-18-16-14-12-10-8-6-4-2/h17,19,46-47,49-50H,3-16,18,20-45H2,1-2H3,(H,52,53)/b19-17-. The molecule has 10 heteroatoms. The average molecular weight is 847 g/mol. The number of phosphoric acid groups is 1. The fourth-order valence-corrected chi connectivity index (χ4v) is 7.97. The molecule has 0 aliphatic heterocycles. The minimum atomic E-state index is -4.52. The van der Waals surface area contributed by atoms with Gasteiger partial charge in [0, 0.05) is 13.0 Å². The van der Waals surface area contributed by atoms with Crippen LogP contribution in [-0.2, 0) is 27.9 Å². The zero-order valence-electron chi connectivity index (χ0n) is 38.0. The van der Waals surface area contributed by atoms with Crippen LogP contribution >= 0.6 is 7.82 Å². The van der Waals surface area contributed by atoms with Gasteiger partial charge in [0.15, 0.2) is 0 Å². The quantitative estimate of drug-likeness (QED) is 0.0237. The normalized spacial score (nSPS) is 13.9. The number of phosphoric ester groups is 1. The van der Waals surface area contributed by atoms with Gasteiger partial charge in [-0.2, -0.15) is 0 Å². The number of esters is 1. The molecule has 9 nitrogen and oxygen atoms in total. The molecule has 0 fully saturated rings. The van der Waals surface area contributed by atoms with Gasteiger partial charge in [-0.3, -0.25) is 13.8 Å². The van der Waals surface area contributed by atoms with E-state index in [1.165, 1.54) is 193 Å². The van der Waals surface area contributed by atoms with Crippen LogP contribution in [-0.4, -0.2) is 66.3 Å². The molecule has 0 aromatic rings. The highest BCUT2D eigenvalue weighted by Gasteiger charge is 2.26. The minimum absolute atomic E-state index is 0.0550. The molecule has 58 heavy (non-hydrogen) atoms. The zero-order valence-corrected chi connectivity index (χ0v) is 38.9. The van der Waals surface area contributed by atoms with Crippen LogP contribution in [0.2, 0.25) is 0 Å². The zero-order chi connectivity index (χ0) is 42.5. The Morgan fingerprint density at radius 2 is 0.879 bits per heavy atom. The molecule has 0 aliphatic carbocycles. The third-order valence-electron chi connectivity index (χ3n) is 11.0. The molecule has 3 atom stereocenters. The van der Waals surface area contributed by atoms with Crippen LogP contribution in [0.1, 0.15) is 245 Å². The molecular weight excluding hydrogens is 751 g/mol. The number of carbonyl (C=O) groups is 1. The molecule has 0 amide bonds. The van der Waals surface area contributed by atoms with E-state index >= 15 is 0 Å². The van der Waals surface area contributed by atoms with Crippen molar-refractivity contribution in [1.82, 2.24) is 0 Å². The van der Waals surface area contributed by atoms with Gasteiger partial charge in [0.05, 0.1) is 26.4 Å². The Hall–Kier alpha value is -0.800. The molecule has 3 N–H and O–H groups in total. The number of ether oxygens (including phenoxy) is 2. The van der Waals surface area contributed by atoms with Crippen molar-refractivity contribution in [2.24, 2.45) is 0 Å². The summed E-state index contributed by atoms with van der Waals surface area (Å²) in [5, 5.41) is 18.4. The fraction of sp³-hybridized carbons (Fsp3) is 0.938. The molecule has 0 aromatic heterocycles. The van der Waals surface area contributed by atoms with E-state index < -0.39 is 33.2 Å². The summed E-state index contributed by atoms with van der Waals surface area (Å²) in [6.45, 7) is 3.58. The van der Waals surface area contributed by atoms with Crippen molar-refractivity contribution in [3.8, 4) is 0 Å². The summed E-state index contributed by atoms with van der Waals surface area (Å²) in [6.07, 6.45) is 47.4. The molecule has 0 bridgehead atoms. The van der Waals surface area contributed by atoms with Crippen molar-refractivity contribution < 1.29 is 43.0 Å². The van der Waals surface area contributed by atoms with Gasteiger partial charge in [-0.1, -0.05) is 212 Å². The molecule has 0 saturated carbocycles. The SMILES string of the molecule is CCCCCCCC/C=C\CCCCCCCCCCCC(=O)OC(COCCCCCCCCCCCCCCCCCCCC)COP(=O)(O)OCC(O)CO. The third-order valence-corrected chi connectivity index (χ3v) is 11.9. The minimum Gasteiger partial charge on any atom is -0.457 e. The first-order chi connectivity index (χ1) is 28.3. The molecule has 0 saturated heterocycles. The maximum atomic E-state index is 12.7. The second kappa shape index (κ2) is 45.7. The summed E-state index contributed by atoms with van der Waals surface area (Å²) < 4.78 is 33.5. The maximum absolute atomic E-state index is 12.7.